The lowest BCUT2D eigenvalue weighted by molar-refractivity contribution is 0.0776. The summed E-state index contributed by atoms with van der Waals surface area (Å²) in [6.07, 6.45) is 15.4. The molecular formula is C20H37N3. The Kier molecular flexibility index (Phi) is 7.78. The van der Waals surface area contributed by atoms with Crippen LogP contribution in [0.15, 0.2) is 17.1 Å². The van der Waals surface area contributed by atoms with E-state index < -0.39 is 0 Å². The number of aliphatic imine (C=N–C) groups is 1. The van der Waals surface area contributed by atoms with Crippen molar-refractivity contribution in [3.8, 4) is 0 Å². The zero-order valence-electron chi connectivity index (χ0n) is 15.6. The monoisotopic (exact) mass is 319 g/mol. The average Bonchev–Trinajstić information content (AvgIpc) is 3.04. The van der Waals surface area contributed by atoms with Gasteiger partial charge in [-0.15, -0.1) is 0 Å². The van der Waals surface area contributed by atoms with Crippen LogP contribution in [0.4, 0.5) is 0 Å². The molecule has 1 atom stereocenters. The van der Waals surface area contributed by atoms with Gasteiger partial charge in [0.1, 0.15) is 5.66 Å². The molecule has 3 heteroatoms. The van der Waals surface area contributed by atoms with Crippen molar-refractivity contribution in [2.45, 2.75) is 71.4 Å². The molecule has 0 aromatic rings. The fourth-order valence-electron chi connectivity index (χ4n) is 4.22. The largest absolute Gasteiger partial charge is 0.303 e. The van der Waals surface area contributed by atoms with Gasteiger partial charge in [-0.2, -0.15) is 0 Å². The van der Waals surface area contributed by atoms with E-state index in [0.29, 0.717) is 0 Å². The summed E-state index contributed by atoms with van der Waals surface area (Å²) >= 11 is 0. The van der Waals surface area contributed by atoms with Crippen LogP contribution in [0, 0.1) is 5.92 Å². The molecule has 0 radical (unpaired) electrons. The van der Waals surface area contributed by atoms with Crippen LogP contribution in [0.3, 0.4) is 0 Å². The minimum Gasteiger partial charge on any atom is -0.303 e. The van der Waals surface area contributed by atoms with Gasteiger partial charge in [-0.3, -0.25) is 9.89 Å². The zero-order chi connectivity index (χ0) is 16.5. The van der Waals surface area contributed by atoms with E-state index in [1.165, 1.54) is 71.2 Å². The number of likely N-dealkylation sites (tertiary alicyclic amines) is 1. The highest BCUT2D eigenvalue weighted by molar-refractivity contribution is 5.75. The van der Waals surface area contributed by atoms with Gasteiger partial charge in [0.15, 0.2) is 0 Å². The number of hydrogen-bond acceptors (Lipinski definition) is 3. The Morgan fingerprint density at radius 1 is 1.04 bits per heavy atom. The van der Waals surface area contributed by atoms with Gasteiger partial charge in [-0.05, 0) is 76.2 Å². The van der Waals surface area contributed by atoms with Crippen LogP contribution in [-0.4, -0.2) is 54.4 Å². The lowest BCUT2D eigenvalue weighted by Gasteiger charge is -2.42. The number of nitrogens with zero attached hydrogens (tertiary/aromatic N) is 3. The van der Waals surface area contributed by atoms with Crippen molar-refractivity contribution in [1.29, 1.82) is 0 Å². The minimum atomic E-state index is -0.00379. The molecule has 0 amide bonds. The second-order valence-electron chi connectivity index (χ2n) is 7.33. The van der Waals surface area contributed by atoms with Gasteiger partial charge in [0.2, 0.25) is 0 Å². The van der Waals surface area contributed by atoms with E-state index in [1.807, 2.05) is 6.21 Å². The van der Waals surface area contributed by atoms with Crippen molar-refractivity contribution in [2.24, 2.45) is 10.9 Å². The Balaban J connectivity index is 1.77. The summed E-state index contributed by atoms with van der Waals surface area (Å²) in [6.45, 7) is 13.1. The van der Waals surface area contributed by atoms with Crippen molar-refractivity contribution in [3.05, 3.63) is 12.2 Å². The van der Waals surface area contributed by atoms with E-state index in [-0.39, 0.29) is 5.66 Å². The Bertz CT molecular complexity index is 362. The maximum absolute atomic E-state index is 4.81. The normalized spacial score (nSPS) is 25.7. The molecule has 0 aromatic heterocycles. The van der Waals surface area contributed by atoms with Gasteiger partial charge in [0.25, 0.3) is 0 Å². The molecule has 2 aliphatic rings. The van der Waals surface area contributed by atoms with Crippen LogP contribution < -0.4 is 0 Å². The third kappa shape index (κ3) is 5.15. The molecule has 0 bridgehead atoms. The highest BCUT2D eigenvalue weighted by Crippen LogP contribution is 2.33. The lowest BCUT2D eigenvalue weighted by atomic mass is 9.90. The van der Waals surface area contributed by atoms with E-state index >= 15 is 0 Å². The van der Waals surface area contributed by atoms with Gasteiger partial charge in [0, 0.05) is 19.3 Å². The minimum absolute atomic E-state index is 0.00379. The van der Waals surface area contributed by atoms with E-state index in [2.05, 4.69) is 42.7 Å². The van der Waals surface area contributed by atoms with E-state index in [0.717, 1.165) is 12.3 Å². The molecule has 23 heavy (non-hydrogen) atoms. The highest BCUT2D eigenvalue weighted by Gasteiger charge is 2.36. The van der Waals surface area contributed by atoms with Gasteiger partial charge < -0.3 is 4.90 Å². The first kappa shape index (κ1) is 18.7. The summed E-state index contributed by atoms with van der Waals surface area (Å²) in [7, 11) is 0. The molecule has 0 N–H and O–H groups in total. The van der Waals surface area contributed by atoms with Crippen molar-refractivity contribution < 1.29 is 0 Å². The van der Waals surface area contributed by atoms with E-state index in [4.69, 9.17) is 4.99 Å². The molecular weight excluding hydrogens is 282 g/mol. The molecule has 1 fully saturated rings. The quantitative estimate of drug-likeness (QED) is 0.596. The molecule has 0 spiro atoms. The van der Waals surface area contributed by atoms with Crippen LogP contribution in [0.2, 0.25) is 0 Å². The third-order valence-electron chi connectivity index (χ3n) is 5.46. The summed E-state index contributed by atoms with van der Waals surface area (Å²) in [4.78, 5) is 10.1. The van der Waals surface area contributed by atoms with Gasteiger partial charge in [-0.25, -0.2) is 0 Å². The Morgan fingerprint density at radius 3 is 2.26 bits per heavy atom. The molecule has 1 unspecified atom stereocenters. The molecule has 132 valence electrons. The molecule has 0 aliphatic carbocycles. The fourth-order valence-corrected chi connectivity index (χ4v) is 4.22. The summed E-state index contributed by atoms with van der Waals surface area (Å²) < 4.78 is 0. The smallest absolute Gasteiger partial charge is 0.132 e. The Morgan fingerprint density at radius 2 is 1.74 bits per heavy atom. The number of allylic oxidation sites excluding steroid dienone is 1. The predicted molar refractivity (Wildman–Crippen MR) is 101 cm³/mol. The summed E-state index contributed by atoms with van der Waals surface area (Å²) in [6, 6.07) is 0. The summed E-state index contributed by atoms with van der Waals surface area (Å²) in [5, 5.41) is 0. The molecule has 0 saturated carbocycles. The van der Waals surface area contributed by atoms with Gasteiger partial charge in [-0.1, -0.05) is 27.2 Å². The number of piperidine rings is 1. The zero-order valence-corrected chi connectivity index (χ0v) is 15.6. The fraction of sp³-hybridized carbons (Fsp3) is 0.850. The van der Waals surface area contributed by atoms with Crippen molar-refractivity contribution in [3.63, 3.8) is 0 Å². The lowest BCUT2D eigenvalue weighted by Crippen LogP contribution is -2.49. The van der Waals surface area contributed by atoms with Gasteiger partial charge >= 0.3 is 0 Å². The topological polar surface area (TPSA) is 18.8 Å². The Hall–Kier alpha value is -0.670. The maximum Gasteiger partial charge on any atom is 0.132 e. The second kappa shape index (κ2) is 9.58. The van der Waals surface area contributed by atoms with Crippen LogP contribution in [0.25, 0.3) is 0 Å². The molecule has 2 heterocycles. The first-order valence-electron chi connectivity index (χ1n) is 9.94. The van der Waals surface area contributed by atoms with Crippen molar-refractivity contribution in [1.82, 2.24) is 9.80 Å². The number of hydrogen-bond donors (Lipinski definition) is 0. The van der Waals surface area contributed by atoms with Crippen LogP contribution >= 0.6 is 0 Å². The van der Waals surface area contributed by atoms with Crippen LogP contribution in [0.5, 0.6) is 0 Å². The van der Waals surface area contributed by atoms with Crippen molar-refractivity contribution in [2.75, 3.05) is 32.7 Å². The Labute approximate surface area is 143 Å². The molecule has 0 aromatic carbocycles. The van der Waals surface area contributed by atoms with E-state index in [1.54, 1.807) is 0 Å². The predicted octanol–water partition coefficient (Wildman–Crippen LogP) is 4.35. The van der Waals surface area contributed by atoms with Crippen LogP contribution in [-0.2, 0) is 0 Å². The van der Waals surface area contributed by atoms with Gasteiger partial charge in [0.05, 0.1) is 0 Å². The average molecular weight is 320 g/mol. The summed E-state index contributed by atoms with van der Waals surface area (Å²) in [5.74, 6) is 0.913. The first-order valence-corrected chi connectivity index (χ1v) is 9.94. The molecule has 2 rings (SSSR count). The van der Waals surface area contributed by atoms with Crippen molar-refractivity contribution >= 4 is 6.21 Å². The molecule has 3 nitrogen and oxygen atoms in total. The SMILES string of the molecule is CCCN(CCC)CCC1CCN(C2(CCC)C=CC=N2)CC1. The molecule has 2 aliphatic heterocycles. The highest BCUT2D eigenvalue weighted by atomic mass is 15.3. The maximum atomic E-state index is 4.81. The second-order valence-corrected chi connectivity index (χ2v) is 7.33. The molecule has 1 saturated heterocycles. The van der Waals surface area contributed by atoms with Crippen LogP contribution in [0.1, 0.15) is 65.7 Å². The third-order valence-corrected chi connectivity index (χ3v) is 5.46. The van der Waals surface area contributed by atoms with E-state index in [9.17, 15) is 0 Å². The first-order chi connectivity index (χ1) is 11.2. The summed E-state index contributed by atoms with van der Waals surface area (Å²) in [5.41, 5.74) is -0.00379. The number of rotatable bonds is 10. The standard InChI is InChI=1S/C20H37N3/c1-4-11-20(12-7-13-21-20)23-17-9-19(10-18-23)8-16-22(14-5-2)15-6-3/h7,12-13,19H,4-6,8-11,14-18H2,1-3H3.